The molecule has 134 valence electrons. The third kappa shape index (κ3) is 6.25. The molecule has 1 aliphatic heterocycles. The number of hydrogen-bond acceptors (Lipinski definition) is 3. The van der Waals surface area contributed by atoms with Crippen molar-refractivity contribution >= 4 is 11.6 Å². The second-order valence-corrected chi connectivity index (χ2v) is 7.27. The molecule has 1 saturated heterocycles. The maximum absolute atomic E-state index is 11.1. The van der Waals surface area contributed by atoms with Crippen LogP contribution in [-0.2, 0) is 11.3 Å². The van der Waals surface area contributed by atoms with E-state index in [-0.39, 0.29) is 5.91 Å². The molecule has 0 bridgehead atoms. The lowest BCUT2D eigenvalue weighted by Crippen LogP contribution is -2.46. The van der Waals surface area contributed by atoms with E-state index in [9.17, 15) is 4.79 Å². The molecule has 2 rings (SSSR count). The van der Waals surface area contributed by atoms with Gasteiger partial charge in [-0.1, -0.05) is 38.8 Å². The number of hydrogen-bond donors (Lipinski definition) is 2. The first kappa shape index (κ1) is 18.9. The Labute approximate surface area is 147 Å². The van der Waals surface area contributed by atoms with Crippen molar-refractivity contribution in [1.82, 2.24) is 10.2 Å². The van der Waals surface area contributed by atoms with E-state index >= 15 is 0 Å². The van der Waals surface area contributed by atoms with E-state index < -0.39 is 0 Å². The summed E-state index contributed by atoms with van der Waals surface area (Å²) >= 11 is 0. The van der Waals surface area contributed by atoms with Crippen LogP contribution < -0.4 is 10.6 Å². The van der Waals surface area contributed by atoms with Crippen LogP contribution in [0.25, 0.3) is 0 Å². The Hall–Kier alpha value is -1.39. The molecule has 1 amide bonds. The second kappa shape index (κ2) is 9.80. The Morgan fingerprint density at radius 3 is 2.25 bits per heavy atom. The molecule has 0 spiro atoms. The van der Waals surface area contributed by atoms with Crippen LogP contribution in [0.15, 0.2) is 24.3 Å². The van der Waals surface area contributed by atoms with Crippen molar-refractivity contribution in [2.45, 2.75) is 59.0 Å². The van der Waals surface area contributed by atoms with Crippen molar-refractivity contribution in [1.29, 1.82) is 0 Å². The molecule has 0 radical (unpaired) electrons. The van der Waals surface area contributed by atoms with Crippen LogP contribution in [-0.4, -0.2) is 36.5 Å². The molecule has 1 aromatic rings. The van der Waals surface area contributed by atoms with E-state index in [1.54, 1.807) is 0 Å². The second-order valence-electron chi connectivity index (χ2n) is 7.27. The van der Waals surface area contributed by atoms with Crippen LogP contribution in [0.1, 0.15) is 52.0 Å². The van der Waals surface area contributed by atoms with E-state index in [1.165, 1.54) is 51.3 Å². The van der Waals surface area contributed by atoms with Gasteiger partial charge in [-0.05, 0) is 49.5 Å². The SMILES string of the molecule is CC(=O)Nc1ccc(CNC[C@H](C(C)C)N2CCCCCC2)cc1. The Bertz CT molecular complexity index is 490. The molecular formula is C20H33N3O. The van der Waals surface area contributed by atoms with Crippen molar-refractivity contribution < 1.29 is 4.79 Å². The van der Waals surface area contributed by atoms with E-state index in [1.807, 2.05) is 12.1 Å². The minimum Gasteiger partial charge on any atom is -0.326 e. The summed E-state index contributed by atoms with van der Waals surface area (Å²) in [7, 11) is 0. The van der Waals surface area contributed by atoms with Gasteiger partial charge in [0.05, 0.1) is 0 Å². The topological polar surface area (TPSA) is 44.4 Å². The smallest absolute Gasteiger partial charge is 0.221 e. The summed E-state index contributed by atoms with van der Waals surface area (Å²) in [5, 5.41) is 6.44. The lowest BCUT2D eigenvalue weighted by atomic mass is 10.0. The van der Waals surface area contributed by atoms with E-state index in [2.05, 4.69) is 41.5 Å². The van der Waals surface area contributed by atoms with Crippen LogP contribution in [0, 0.1) is 5.92 Å². The minimum absolute atomic E-state index is 0.0295. The normalized spacial score (nSPS) is 17.5. The molecule has 1 fully saturated rings. The molecule has 0 saturated carbocycles. The monoisotopic (exact) mass is 331 g/mol. The van der Waals surface area contributed by atoms with E-state index in [0.29, 0.717) is 12.0 Å². The Balaban J connectivity index is 1.82. The quantitative estimate of drug-likeness (QED) is 0.802. The molecule has 0 aromatic heterocycles. The fourth-order valence-corrected chi connectivity index (χ4v) is 3.49. The Kier molecular flexibility index (Phi) is 7.73. The largest absolute Gasteiger partial charge is 0.326 e. The van der Waals surface area contributed by atoms with Crippen LogP contribution in [0.5, 0.6) is 0 Å². The first-order valence-corrected chi connectivity index (χ1v) is 9.37. The number of carbonyl (C=O) groups is 1. The van der Waals surface area contributed by atoms with Gasteiger partial charge >= 0.3 is 0 Å². The van der Waals surface area contributed by atoms with Crippen molar-refractivity contribution in [2.24, 2.45) is 5.92 Å². The van der Waals surface area contributed by atoms with Gasteiger partial charge in [-0.2, -0.15) is 0 Å². The number of rotatable bonds is 7. The third-order valence-corrected chi connectivity index (χ3v) is 4.84. The summed E-state index contributed by atoms with van der Waals surface area (Å²) in [6, 6.07) is 8.70. The average molecular weight is 332 g/mol. The zero-order valence-corrected chi connectivity index (χ0v) is 15.5. The number of likely N-dealkylation sites (tertiary alicyclic amines) is 1. The predicted octanol–water partition coefficient (Wildman–Crippen LogP) is 3.64. The van der Waals surface area contributed by atoms with E-state index in [4.69, 9.17) is 0 Å². The maximum atomic E-state index is 11.1. The summed E-state index contributed by atoms with van der Waals surface area (Å²) in [6.45, 7) is 10.6. The number of benzene rings is 1. The summed E-state index contributed by atoms with van der Waals surface area (Å²) in [4.78, 5) is 13.7. The fraction of sp³-hybridized carbons (Fsp3) is 0.650. The lowest BCUT2D eigenvalue weighted by molar-refractivity contribution is -0.114. The number of nitrogens with one attached hydrogen (secondary N) is 2. The fourth-order valence-electron chi connectivity index (χ4n) is 3.49. The highest BCUT2D eigenvalue weighted by Crippen LogP contribution is 2.17. The molecule has 1 atom stereocenters. The molecule has 0 aliphatic carbocycles. The molecular weight excluding hydrogens is 298 g/mol. The summed E-state index contributed by atoms with van der Waals surface area (Å²) in [5.41, 5.74) is 2.11. The molecule has 1 aliphatic rings. The van der Waals surface area contributed by atoms with Gasteiger partial charge in [-0.15, -0.1) is 0 Å². The zero-order valence-electron chi connectivity index (χ0n) is 15.5. The van der Waals surface area contributed by atoms with Gasteiger partial charge < -0.3 is 10.6 Å². The van der Waals surface area contributed by atoms with Gasteiger partial charge in [-0.3, -0.25) is 9.69 Å². The highest BCUT2D eigenvalue weighted by atomic mass is 16.1. The first-order valence-electron chi connectivity index (χ1n) is 9.37. The number of anilines is 1. The number of carbonyl (C=O) groups excluding carboxylic acids is 1. The van der Waals surface area contributed by atoms with E-state index in [0.717, 1.165) is 18.8 Å². The van der Waals surface area contributed by atoms with Gasteiger partial charge in [0.2, 0.25) is 5.91 Å². The molecule has 1 aromatic carbocycles. The third-order valence-electron chi connectivity index (χ3n) is 4.84. The standard InChI is InChI=1S/C20H33N3O/c1-16(2)20(23-12-6-4-5-7-13-23)15-21-14-18-8-10-19(11-9-18)22-17(3)24/h8-11,16,20-21H,4-7,12-15H2,1-3H3,(H,22,24)/t20-/m1/s1. The highest BCUT2D eigenvalue weighted by molar-refractivity contribution is 5.88. The van der Waals surface area contributed by atoms with Gasteiger partial charge in [0, 0.05) is 31.7 Å². The number of nitrogens with zero attached hydrogens (tertiary/aromatic N) is 1. The minimum atomic E-state index is -0.0295. The molecule has 4 nitrogen and oxygen atoms in total. The van der Waals surface area contributed by atoms with Gasteiger partial charge in [0.15, 0.2) is 0 Å². The number of amides is 1. The van der Waals surface area contributed by atoms with Crippen LogP contribution in [0.4, 0.5) is 5.69 Å². The molecule has 4 heteroatoms. The van der Waals surface area contributed by atoms with Crippen molar-refractivity contribution in [3.05, 3.63) is 29.8 Å². The van der Waals surface area contributed by atoms with Gasteiger partial charge in [0.25, 0.3) is 0 Å². The van der Waals surface area contributed by atoms with Crippen molar-refractivity contribution in [3.63, 3.8) is 0 Å². The van der Waals surface area contributed by atoms with Gasteiger partial charge in [-0.25, -0.2) is 0 Å². The summed E-state index contributed by atoms with van der Waals surface area (Å²) in [5.74, 6) is 0.635. The van der Waals surface area contributed by atoms with Crippen LogP contribution >= 0.6 is 0 Å². The average Bonchev–Trinajstić information content (AvgIpc) is 2.81. The van der Waals surface area contributed by atoms with Gasteiger partial charge in [0.1, 0.15) is 0 Å². The van der Waals surface area contributed by atoms with Crippen LogP contribution in [0.2, 0.25) is 0 Å². The van der Waals surface area contributed by atoms with Crippen molar-refractivity contribution in [2.75, 3.05) is 25.0 Å². The highest BCUT2D eigenvalue weighted by Gasteiger charge is 2.22. The Morgan fingerprint density at radius 2 is 1.71 bits per heavy atom. The predicted molar refractivity (Wildman–Crippen MR) is 101 cm³/mol. The summed E-state index contributed by atoms with van der Waals surface area (Å²) < 4.78 is 0. The van der Waals surface area contributed by atoms with Crippen molar-refractivity contribution in [3.8, 4) is 0 Å². The Morgan fingerprint density at radius 1 is 1.08 bits per heavy atom. The maximum Gasteiger partial charge on any atom is 0.221 e. The molecule has 0 unspecified atom stereocenters. The molecule has 2 N–H and O–H groups in total. The molecule has 24 heavy (non-hydrogen) atoms. The first-order chi connectivity index (χ1) is 11.6. The van der Waals surface area contributed by atoms with Crippen LogP contribution in [0.3, 0.4) is 0 Å². The summed E-state index contributed by atoms with van der Waals surface area (Å²) in [6.07, 6.45) is 5.45. The lowest BCUT2D eigenvalue weighted by Gasteiger charge is -2.34. The molecule has 1 heterocycles. The zero-order chi connectivity index (χ0) is 17.4.